The number of benzene rings is 2. The van der Waals surface area contributed by atoms with Crippen molar-refractivity contribution in [2.24, 2.45) is 0 Å². The third kappa shape index (κ3) is 5.91. The molecule has 0 spiro atoms. The topological polar surface area (TPSA) is 116 Å². The van der Waals surface area contributed by atoms with Crippen LogP contribution in [0.1, 0.15) is 26.6 Å². The van der Waals surface area contributed by atoms with Gasteiger partial charge in [0.25, 0.3) is 5.91 Å². The van der Waals surface area contributed by atoms with E-state index in [4.69, 9.17) is 5.26 Å². The van der Waals surface area contributed by atoms with E-state index in [-0.39, 0.29) is 18.1 Å². The summed E-state index contributed by atoms with van der Waals surface area (Å²) in [6, 6.07) is 18.8. The van der Waals surface area contributed by atoms with Crippen molar-refractivity contribution in [3.8, 4) is 17.2 Å². The normalized spacial score (nSPS) is 11.1. The van der Waals surface area contributed by atoms with Gasteiger partial charge in [-0.15, -0.1) is 11.3 Å². The Morgan fingerprint density at radius 3 is 2.33 bits per heavy atom. The Labute approximate surface area is 211 Å². The van der Waals surface area contributed by atoms with E-state index < -0.39 is 15.9 Å². The standard InChI is InChI=1S/C25H20FN5O3S2/c1-16-23(24(32)30-36(2,33)34)29-25(35-16)31(22-11-3-17(13-27)4-12-22)15-21-10-7-19(14-28-21)18-5-8-20(26)9-6-18/h3-12,14H,15H2,1-2H3,(H,30,32). The Kier molecular flexibility index (Phi) is 7.10. The quantitative estimate of drug-likeness (QED) is 0.379. The lowest BCUT2D eigenvalue weighted by molar-refractivity contribution is 0.0977. The van der Waals surface area contributed by atoms with Crippen LogP contribution in [0, 0.1) is 24.1 Å². The molecule has 0 aliphatic rings. The van der Waals surface area contributed by atoms with Crippen molar-refractivity contribution in [3.63, 3.8) is 0 Å². The first kappa shape index (κ1) is 25.0. The van der Waals surface area contributed by atoms with Crippen LogP contribution in [0.2, 0.25) is 0 Å². The molecule has 0 saturated heterocycles. The van der Waals surface area contributed by atoms with Crippen LogP contribution in [0.15, 0.2) is 66.9 Å². The molecule has 0 saturated carbocycles. The number of nitrogens with one attached hydrogen (secondary N) is 1. The lowest BCUT2D eigenvalue weighted by Gasteiger charge is -2.22. The third-order valence-electron chi connectivity index (χ3n) is 5.14. The highest BCUT2D eigenvalue weighted by molar-refractivity contribution is 7.89. The smallest absolute Gasteiger partial charge is 0.284 e. The molecule has 36 heavy (non-hydrogen) atoms. The van der Waals surface area contributed by atoms with Crippen molar-refractivity contribution in [1.29, 1.82) is 5.26 Å². The third-order valence-corrected chi connectivity index (χ3v) is 6.69. The number of aromatic nitrogens is 2. The lowest BCUT2D eigenvalue weighted by atomic mass is 10.1. The van der Waals surface area contributed by atoms with Crippen LogP contribution in [-0.4, -0.2) is 30.5 Å². The number of pyridine rings is 1. The maximum Gasteiger partial charge on any atom is 0.284 e. The number of hydrogen-bond donors (Lipinski definition) is 1. The maximum absolute atomic E-state index is 13.2. The summed E-state index contributed by atoms with van der Waals surface area (Å²) in [6.07, 6.45) is 2.59. The minimum Gasteiger partial charge on any atom is -0.312 e. The highest BCUT2D eigenvalue weighted by atomic mass is 32.2. The Morgan fingerprint density at radius 2 is 1.75 bits per heavy atom. The Balaban J connectivity index is 1.67. The second kappa shape index (κ2) is 10.2. The molecule has 4 aromatic rings. The summed E-state index contributed by atoms with van der Waals surface area (Å²) in [5.74, 6) is -1.12. The molecule has 2 aromatic carbocycles. The van der Waals surface area contributed by atoms with Crippen molar-refractivity contribution in [1.82, 2.24) is 14.7 Å². The molecule has 8 nitrogen and oxygen atoms in total. The maximum atomic E-state index is 13.2. The van der Waals surface area contributed by atoms with Crippen LogP contribution in [0.5, 0.6) is 0 Å². The second-order valence-corrected chi connectivity index (χ2v) is 10.8. The van der Waals surface area contributed by atoms with E-state index >= 15 is 0 Å². The average molecular weight is 522 g/mol. The van der Waals surface area contributed by atoms with E-state index in [0.717, 1.165) is 17.4 Å². The van der Waals surface area contributed by atoms with Gasteiger partial charge in [-0.1, -0.05) is 18.2 Å². The van der Waals surface area contributed by atoms with Crippen LogP contribution in [0.4, 0.5) is 15.2 Å². The fourth-order valence-electron chi connectivity index (χ4n) is 3.40. The van der Waals surface area contributed by atoms with Gasteiger partial charge in [0.05, 0.1) is 30.1 Å². The largest absolute Gasteiger partial charge is 0.312 e. The first-order chi connectivity index (χ1) is 17.1. The Morgan fingerprint density at radius 1 is 1.08 bits per heavy atom. The molecular weight excluding hydrogens is 501 g/mol. The number of halogens is 1. The first-order valence-electron chi connectivity index (χ1n) is 10.6. The molecular formula is C25H20FN5O3S2. The molecule has 4 rings (SSSR count). The predicted molar refractivity (Wildman–Crippen MR) is 136 cm³/mol. The Bertz CT molecular complexity index is 1540. The minimum absolute atomic E-state index is 0.0127. The summed E-state index contributed by atoms with van der Waals surface area (Å²) >= 11 is 1.23. The fourth-order valence-corrected chi connectivity index (χ4v) is 4.76. The second-order valence-electron chi connectivity index (χ2n) is 7.89. The number of sulfonamides is 1. The number of thiazole rings is 1. The van der Waals surface area contributed by atoms with Crippen molar-refractivity contribution < 1.29 is 17.6 Å². The summed E-state index contributed by atoms with van der Waals surface area (Å²) in [5, 5.41) is 9.61. The number of amides is 1. The number of aryl methyl sites for hydroxylation is 1. The molecule has 182 valence electrons. The first-order valence-corrected chi connectivity index (χ1v) is 13.3. The number of nitriles is 1. The molecule has 0 radical (unpaired) electrons. The van der Waals surface area contributed by atoms with Gasteiger partial charge < -0.3 is 4.90 Å². The van der Waals surface area contributed by atoms with E-state index in [1.165, 1.54) is 23.5 Å². The number of hydrogen-bond acceptors (Lipinski definition) is 8. The molecule has 2 aromatic heterocycles. The lowest BCUT2D eigenvalue weighted by Crippen LogP contribution is -2.30. The summed E-state index contributed by atoms with van der Waals surface area (Å²) in [7, 11) is -3.75. The fraction of sp³-hybridized carbons (Fsp3) is 0.120. The molecule has 1 N–H and O–H groups in total. The zero-order valence-corrected chi connectivity index (χ0v) is 20.9. The van der Waals surface area contributed by atoms with E-state index in [9.17, 15) is 17.6 Å². The summed E-state index contributed by atoms with van der Waals surface area (Å²) in [6.45, 7) is 1.97. The van der Waals surface area contributed by atoms with Crippen LogP contribution in [0.3, 0.4) is 0 Å². The van der Waals surface area contributed by atoms with Gasteiger partial charge in [-0.2, -0.15) is 5.26 Å². The number of anilines is 2. The summed E-state index contributed by atoms with van der Waals surface area (Å²) < 4.78 is 38.2. The molecule has 0 aliphatic carbocycles. The van der Waals surface area contributed by atoms with Crippen LogP contribution >= 0.6 is 11.3 Å². The summed E-state index contributed by atoms with van der Waals surface area (Å²) in [5.41, 5.74) is 3.56. The van der Waals surface area contributed by atoms with Gasteiger partial charge in [-0.05, 0) is 55.0 Å². The minimum atomic E-state index is -3.75. The van der Waals surface area contributed by atoms with Gasteiger partial charge >= 0.3 is 0 Å². The molecule has 0 atom stereocenters. The SMILES string of the molecule is Cc1sc(N(Cc2ccc(-c3ccc(F)cc3)cn2)c2ccc(C#N)cc2)nc1C(=O)NS(C)(=O)=O. The number of carbonyl (C=O) groups is 1. The number of rotatable bonds is 7. The van der Waals surface area contributed by atoms with Crippen LogP contribution in [-0.2, 0) is 16.6 Å². The van der Waals surface area contributed by atoms with E-state index in [2.05, 4.69) is 16.0 Å². The van der Waals surface area contributed by atoms with Crippen molar-refractivity contribution >= 4 is 38.1 Å². The van der Waals surface area contributed by atoms with Crippen molar-refractivity contribution in [3.05, 3.63) is 94.5 Å². The van der Waals surface area contributed by atoms with Gasteiger partial charge in [-0.25, -0.2) is 22.5 Å². The number of nitrogens with zero attached hydrogens (tertiary/aromatic N) is 4. The van der Waals surface area contributed by atoms with Crippen LogP contribution in [0.25, 0.3) is 11.1 Å². The highest BCUT2D eigenvalue weighted by Gasteiger charge is 2.22. The van der Waals surface area contributed by atoms with Crippen molar-refractivity contribution in [2.45, 2.75) is 13.5 Å². The van der Waals surface area contributed by atoms with Gasteiger partial charge in [0.2, 0.25) is 10.0 Å². The molecule has 0 unspecified atom stereocenters. The molecule has 0 aliphatic heterocycles. The van der Waals surface area contributed by atoms with E-state index in [0.29, 0.717) is 27.0 Å². The molecule has 1 amide bonds. The van der Waals surface area contributed by atoms with Gasteiger partial charge in [-0.3, -0.25) is 9.78 Å². The molecule has 0 fully saturated rings. The van der Waals surface area contributed by atoms with Crippen LogP contribution < -0.4 is 9.62 Å². The zero-order valence-electron chi connectivity index (χ0n) is 19.3. The van der Waals surface area contributed by atoms with Gasteiger partial charge in [0.15, 0.2) is 5.13 Å². The Hall–Kier alpha value is -4.14. The van der Waals surface area contributed by atoms with Crippen molar-refractivity contribution in [2.75, 3.05) is 11.2 Å². The molecule has 2 heterocycles. The monoisotopic (exact) mass is 521 g/mol. The average Bonchev–Trinajstić information content (AvgIpc) is 3.24. The zero-order chi connectivity index (χ0) is 25.9. The van der Waals surface area contributed by atoms with Gasteiger partial charge in [0.1, 0.15) is 11.5 Å². The van der Waals surface area contributed by atoms with Gasteiger partial charge in [0, 0.05) is 22.3 Å². The van der Waals surface area contributed by atoms with E-state index in [1.54, 1.807) is 49.5 Å². The highest BCUT2D eigenvalue weighted by Crippen LogP contribution is 2.33. The molecule has 11 heteroatoms. The molecule has 0 bridgehead atoms. The predicted octanol–water partition coefficient (Wildman–Crippen LogP) is 4.55. The number of carbonyl (C=O) groups excluding carboxylic acids is 1. The van der Waals surface area contributed by atoms with E-state index in [1.807, 2.05) is 21.8 Å². The summed E-state index contributed by atoms with van der Waals surface area (Å²) in [4.78, 5) is 23.8.